The quantitative estimate of drug-likeness (QED) is 0.734. The molecular formula is C13H23N3O2. The van der Waals surface area contributed by atoms with Gasteiger partial charge in [-0.05, 0) is 32.1 Å². The van der Waals surface area contributed by atoms with E-state index in [1.807, 2.05) is 0 Å². The maximum atomic E-state index is 12.0. The maximum absolute atomic E-state index is 12.0. The summed E-state index contributed by atoms with van der Waals surface area (Å²) in [6, 6.07) is 0.576. The molecule has 0 radical (unpaired) electrons. The van der Waals surface area contributed by atoms with Crippen LogP contribution in [0.1, 0.15) is 32.1 Å². The van der Waals surface area contributed by atoms with Crippen molar-refractivity contribution in [2.24, 2.45) is 5.73 Å². The maximum Gasteiger partial charge on any atom is 0.234 e. The lowest BCUT2D eigenvalue weighted by atomic mass is 9.95. The minimum atomic E-state index is 0.145. The van der Waals surface area contributed by atoms with Crippen LogP contribution in [0.15, 0.2) is 0 Å². The van der Waals surface area contributed by atoms with E-state index in [4.69, 9.17) is 10.5 Å². The topological polar surface area (TPSA) is 67.6 Å². The molecule has 0 aromatic carbocycles. The summed E-state index contributed by atoms with van der Waals surface area (Å²) in [5.74, 6) is 0.145. The van der Waals surface area contributed by atoms with E-state index in [9.17, 15) is 4.79 Å². The Labute approximate surface area is 108 Å². The van der Waals surface area contributed by atoms with Gasteiger partial charge in [0.25, 0.3) is 0 Å². The predicted octanol–water partition coefficient (Wildman–Crippen LogP) is -0.154. The van der Waals surface area contributed by atoms with Crippen LogP contribution in [0.5, 0.6) is 0 Å². The Balaban J connectivity index is 1.42. The number of rotatable bonds is 3. The summed E-state index contributed by atoms with van der Waals surface area (Å²) in [6.45, 7) is 2.41. The Morgan fingerprint density at radius 1 is 1.28 bits per heavy atom. The zero-order valence-electron chi connectivity index (χ0n) is 10.8. The Morgan fingerprint density at radius 2 is 2.06 bits per heavy atom. The monoisotopic (exact) mass is 253 g/mol. The molecule has 3 aliphatic heterocycles. The van der Waals surface area contributed by atoms with Gasteiger partial charge in [-0.25, -0.2) is 0 Å². The fraction of sp³-hybridized carbons (Fsp3) is 0.923. The van der Waals surface area contributed by atoms with Gasteiger partial charge in [-0.3, -0.25) is 9.69 Å². The number of hydrogen-bond donors (Lipinski definition) is 2. The van der Waals surface area contributed by atoms with E-state index in [1.54, 1.807) is 0 Å². The number of amides is 1. The number of hydrogen-bond acceptors (Lipinski definition) is 4. The first-order valence-corrected chi connectivity index (χ1v) is 7.13. The second-order valence-corrected chi connectivity index (χ2v) is 5.90. The molecule has 5 heteroatoms. The van der Waals surface area contributed by atoms with E-state index >= 15 is 0 Å². The Bertz CT molecular complexity index is 315. The van der Waals surface area contributed by atoms with Gasteiger partial charge >= 0.3 is 0 Å². The number of carbonyl (C=O) groups excluding carboxylic acids is 1. The number of likely N-dealkylation sites (tertiary alicyclic amines) is 1. The van der Waals surface area contributed by atoms with Crippen molar-refractivity contribution in [3.63, 3.8) is 0 Å². The molecule has 102 valence electrons. The van der Waals surface area contributed by atoms with Crippen LogP contribution < -0.4 is 11.1 Å². The third-order valence-electron chi connectivity index (χ3n) is 4.45. The standard InChI is InChI=1S/C13H23N3O2/c14-9-3-5-16(6-4-9)8-13(17)15-11-7-10-1-2-12(11)18-10/h9-12H,1-8,14H2,(H,15,17). The molecule has 3 saturated heterocycles. The smallest absolute Gasteiger partial charge is 0.234 e. The highest BCUT2D eigenvalue weighted by atomic mass is 16.5. The van der Waals surface area contributed by atoms with Gasteiger partial charge in [-0.2, -0.15) is 0 Å². The Hall–Kier alpha value is -0.650. The van der Waals surface area contributed by atoms with Crippen LogP contribution in [0.3, 0.4) is 0 Å². The summed E-state index contributed by atoms with van der Waals surface area (Å²) >= 11 is 0. The molecule has 3 atom stereocenters. The average Bonchev–Trinajstić information content (AvgIpc) is 2.94. The summed E-state index contributed by atoms with van der Waals surface area (Å²) in [7, 11) is 0. The molecule has 0 spiro atoms. The van der Waals surface area contributed by atoms with Crippen LogP contribution in [-0.2, 0) is 9.53 Å². The summed E-state index contributed by atoms with van der Waals surface area (Å²) in [4.78, 5) is 14.2. The number of carbonyl (C=O) groups is 1. The fourth-order valence-electron chi connectivity index (χ4n) is 3.36. The van der Waals surface area contributed by atoms with Crippen molar-refractivity contribution in [3.8, 4) is 0 Å². The van der Waals surface area contributed by atoms with E-state index in [2.05, 4.69) is 10.2 Å². The molecule has 2 bridgehead atoms. The van der Waals surface area contributed by atoms with Crippen molar-refractivity contribution in [2.45, 2.75) is 56.4 Å². The van der Waals surface area contributed by atoms with Gasteiger partial charge in [0, 0.05) is 19.1 Å². The van der Waals surface area contributed by atoms with E-state index in [0.717, 1.165) is 38.8 Å². The SMILES string of the molecule is NC1CCN(CC(=O)NC2CC3CCC2O3)CC1. The number of nitrogens with two attached hydrogens (primary N) is 1. The van der Waals surface area contributed by atoms with E-state index in [0.29, 0.717) is 18.7 Å². The van der Waals surface area contributed by atoms with Gasteiger partial charge in [-0.1, -0.05) is 0 Å². The minimum absolute atomic E-state index is 0.145. The van der Waals surface area contributed by atoms with Gasteiger partial charge in [0.1, 0.15) is 0 Å². The van der Waals surface area contributed by atoms with E-state index in [1.165, 1.54) is 6.42 Å². The molecule has 3 fully saturated rings. The van der Waals surface area contributed by atoms with Crippen LogP contribution in [0.4, 0.5) is 0 Å². The van der Waals surface area contributed by atoms with Gasteiger partial charge in [0.15, 0.2) is 0 Å². The number of nitrogens with one attached hydrogen (secondary N) is 1. The zero-order chi connectivity index (χ0) is 12.5. The fourth-order valence-corrected chi connectivity index (χ4v) is 3.36. The van der Waals surface area contributed by atoms with Gasteiger partial charge in [0.2, 0.25) is 5.91 Å². The number of fused-ring (bicyclic) bond motifs is 2. The average molecular weight is 253 g/mol. The van der Waals surface area contributed by atoms with E-state index in [-0.39, 0.29) is 18.1 Å². The summed E-state index contributed by atoms with van der Waals surface area (Å²) < 4.78 is 5.74. The van der Waals surface area contributed by atoms with Crippen molar-refractivity contribution < 1.29 is 9.53 Å². The molecule has 1 amide bonds. The first-order chi connectivity index (χ1) is 8.70. The van der Waals surface area contributed by atoms with Gasteiger partial charge in [0.05, 0.1) is 24.8 Å². The molecule has 0 aromatic heterocycles. The lowest BCUT2D eigenvalue weighted by Crippen LogP contribution is -2.48. The molecule has 5 nitrogen and oxygen atoms in total. The second kappa shape index (κ2) is 5.15. The summed E-state index contributed by atoms with van der Waals surface area (Å²) in [6.07, 6.45) is 5.95. The van der Waals surface area contributed by atoms with Crippen LogP contribution in [-0.4, -0.2) is 54.7 Å². The van der Waals surface area contributed by atoms with Crippen LogP contribution in [0.2, 0.25) is 0 Å². The number of ether oxygens (including phenoxy) is 1. The molecule has 3 heterocycles. The van der Waals surface area contributed by atoms with Gasteiger partial charge < -0.3 is 15.8 Å². The highest BCUT2D eigenvalue weighted by Crippen LogP contribution is 2.34. The minimum Gasteiger partial charge on any atom is -0.373 e. The molecule has 3 aliphatic rings. The van der Waals surface area contributed by atoms with Crippen molar-refractivity contribution in [3.05, 3.63) is 0 Å². The first-order valence-electron chi connectivity index (χ1n) is 7.13. The van der Waals surface area contributed by atoms with Crippen molar-refractivity contribution in [1.29, 1.82) is 0 Å². The number of piperidine rings is 1. The number of nitrogens with zero attached hydrogens (tertiary/aromatic N) is 1. The highest BCUT2D eigenvalue weighted by molar-refractivity contribution is 5.78. The van der Waals surface area contributed by atoms with E-state index < -0.39 is 0 Å². The first kappa shape index (κ1) is 12.4. The third-order valence-corrected chi connectivity index (χ3v) is 4.45. The Morgan fingerprint density at radius 3 is 2.67 bits per heavy atom. The lowest BCUT2D eigenvalue weighted by molar-refractivity contribution is -0.123. The summed E-state index contributed by atoms with van der Waals surface area (Å²) in [5.41, 5.74) is 5.86. The Kier molecular flexibility index (Phi) is 3.54. The highest BCUT2D eigenvalue weighted by Gasteiger charge is 2.41. The molecule has 0 aliphatic carbocycles. The van der Waals surface area contributed by atoms with Crippen LogP contribution in [0, 0.1) is 0 Å². The van der Waals surface area contributed by atoms with Crippen LogP contribution >= 0.6 is 0 Å². The molecular weight excluding hydrogens is 230 g/mol. The second-order valence-electron chi connectivity index (χ2n) is 5.90. The predicted molar refractivity (Wildman–Crippen MR) is 68.1 cm³/mol. The summed E-state index contributed by atoms with van der Waals surface area (Å²) in [5, 5.41) is 3.13. The molecule has 3 N–H and O–H groups in total. The van der Waals surface area contributed by atoms with Crippen molar-refractivity contribution in [1.82, 2.24) is 10.2 Å². The van der Waals surface area contributed by atoms with Crippen molar-refractivity contribution >= 4 is 5.91 Å². The lowest BCUT2D eigenvalue weighted by Gasteiger charge is -2.30. The molecule has 3 unspecified atom stereocenters. The zero-order valence-corrected chi connectivity index (χ0v) is 10.8. The molecule has 0 aromatic rings. The molecule has 18 heavy (non-hydrogen) atoms. The normalized spacial score (nSPS) is 37.1. The van der Waals surface area contributed by atoms with Gasteiger partial charge in [-0.15, -0.1) is 0 Å². The largest absolute Gasteiger partial charge is 0.373 e. The van der Waals surface area contributed by atoms with Crippen LogP contribution in [0.25, 0.3) is 0 Å². The molecule has 3 rings (SSSR count). The molecule has 0 saturated carbocycles. The third kappa shape index (κ3) is 2.68. The van der Waals surface area contributed by atoms with Crippen molar-refractivity contribution in [2.75, 3.05) is 19.6 Å².